The van der Waals surface area contributed by atoms with E-state index < -0.39 is 6.10 Å². The molecule has 0 fully saturated rings. The molecule has 0 aromatic heterocycles. The number of carbonyl (C=O) groups is 3. The summed E-state index contributed by atoms with van der Waals surface area (Å²) in [5.41, 5.74) is 0. The van der Waals surface area contributed by atoms with Crippen LogP contribution in [0.4, 0.5) is 0 Å². The fourth-order valence-electron chi connectivity index (χ4n) is 8.57. The molecule has 414 valence electrons. The van der Waals surface area contributed by atoms with Gasteiger partial charge in [-0.1, -0.05) is 273 Å². The van der Waals surface area contributed by atoms with Gasteiger partial charge in [0.15, 0.2) is 6.10 Å². The molecule has 0 heterocycles. The number of rotatable bonds is 55. The van der Waals surface area contributed by atoms with E-state index >= 15 is 0 Å². The summed E-state index contributed by atoms with van der Waals surface area (Å²) in [6.07, 6.45) is 78.7. The Labute approximate surface area is 445 Å². The molecule has 1 unspecified atom stereocenters. The highest BCUT2D eigenvalue weighted by Crippen LogP contribution is 2.16. The zero-order chi connectivity index (χ0) is 52.2. The van der Waals surface area contributed by atoms with E-state index in [1.54, 1.807) is 0 Å². The van der Waals surface area contributed by atoms with Crippen molar-refractivity contribution in [1.82, 2.24) is 0 Å². The van der Waals surface area contributed by atoms with Crippen LogP contribution in [0, 0.1) is 0 Å². The molecule has 6 nitrogen and oxygen atoms in total. The van der Waals surface area contributed by atoms with Gasteiger partial charge in [0, 0.05) is 19.3 Å². The summed E-state index contributed by atoms with van der Waals surface area (Å²) >= 11 is 0. The Kier molecular flexibility index (Phi) is 57.3. The first-order valence-electron chi connectivity index (χ1n) is 30.6. The van der Waals surface area contributed by atoms with Crippen LogP contribution in [0.1, 0.15) is 297 Å². The molecule has 0 aromatic rings. The van der Waals surface area contributed by atoms with Crippen LogP contribution in [0.25, 0.3) is 0 Å². The largest absolute Gasteiger partial charge is 0.462 e. The Morgan fingerprint density at radius 2 is 0.556 bits per heavy atom. The van der Waals surface area contributed by atoms with Gasteiger partial charge in [0.2, 0.25) is 0 Å². The van der Waals surface area contributed by atoms with Gasteiger partial charge >= 0.3 is 17.9 Å². The second-order valence-corrected chi connectivity index (χ2v) is 20.2. The maximum absolute atomic E-state index is 12.9. The Hall–Kier alpha value is -3.41. The van der Waals surface area contributed by atoms with E-state index in [2.05, 4.69) is 106 Å². The Morgan fingerprint density at radius 3 is 0.889 bits per heavy atom. The van der Waals surface area contributed by atoms with Crippen LogP contribution in [0.3, 0.4) is 0 Å². The summed E-state index contributed by atoms with van der Waals surface area (Å²) in [4.78, 5) is 38.2. The van der Waals surface area contributed by atoms with Crippen LogP contribution in [-0.2, 0) is 28.6 Å². The molecule has 0 aliphatic carbocycles. The molecule has 1 atom stereocenters. The standard InChI is InChI=1S/C66H114O6/c1-4-7-10-13-16-19-22-25-28-30-31-32-33-34-35-37-38-41-44-47-50-53-56-59-65(68)71-62-63(61-70-64(67)58-55-52-49-46-43-40-27-24-21-18-15-12-9-6-3)72-66(69)60-57-54-51-48-45-42-39-36-29-26-23-20-17-14-11-8-5-2/h8,11,17,20,22,25-26,29-31,39,42,48,51,63H,4-7,9-10,12-16,18-19,21,23-24,27-28,32-38,40-41,43-47,49-50,52-62H2,1-3H3/b11-8-,20-17-,25-22-,29-26-,31-30-,42-39-,51-48-. The third-order valence-corrected chi connectivity index (χ3v) is 13.1. The smallest absolute Gasteiger partial charge is 0.306 e. The molecule has 0 rings (SSSR count). The summed E-state index contributed by atoms with van der Waals surface area (Å²) in [6.45, 7) is 6.49. The van der Waals surface area contributed by atoms with Gasteiger partial charge in [0.25, 0.3) is 0 Å². The molecule has 0 aliphatic heterocycles. The van der Waals surface area contributed by atoms with E-state index in [1.165, 1.54) is 167 Å². The van der Waals surface area contributed by atoms with Crippen molar-refractivity contribution in [1.29, 1.82) is 0 Å². The summed E-state index contributed by atoms with van der Waals surface area (Å²) in [7, 11) is 0. The van der Waals surface area contributed by atoms with Gasteiger partial charge in [-0.3, -0.25) is 14.4 Å². The van der Waals surface area contributed by atoms with Crippen molar-refractivity contribution < 1.29 is 28.6 Å². The van der Waals surface area contributed by atoms with Gasteiger partial charge in [0.05, 0.1) is 0 Å². The predicted octanol–water partition coefficient (Wildman–Crippen LogP) is 20.7. The SMILES string of the molecule is CC/C=C\C/C=C\C/C=C\C/C=C\C/C=C\CCCC(=O)OC(COC(=O)CCCCCCCCCCCCC/C=C\C/C=C\CCCCCCC)COC(=O)CCCCCCCCCCCCCCCC. The highest BCUT2D eigenvalue weighted by molar-refractivity contribution is 5.71. The number of unbranched alkanes of at least 4 members (excludes halogenated alkanes) is 30. The van der Waals surface area contributed by atoms with Gasteiger partial charge in [-0.2, -0.15) is 0 Å². The quantitative estimate of drug-likeness (QED) is 0.0261. The lowest BCUT2D eigenvalue weighted by atomic mass is 10.0. The van der Waals surface area contributed by atoms with Crippen LogP contribution >= 0.6 is 0 Å². The molecule has 0 N–H and O–H groups in total. The topological polar surface area (TPSA) is 78.9 Å². The molecular weight excluding hydrogens is 889 g/mol. The Morgan fingerprint density at radius 1 is 0.292 bits per heavy atom. The first kappa shape index (κ1) is 68.6. The Balaban J connectivity index is 4.39. The third-order valence-electron chi connectivity index (χ3n) is 13.1. The van der Waals surface area contributed by atoms with Gasteiger partial charge in [-0.15, -0.1) is 0 Å². The van der Waals surface area contributed by atoms with Crippen molar-refractivity contribution in [3.8, 4) is 0 Å². The summed E-state index contributed by atoms with van der Waals surface area (Å²) in [5, 5.41) is 0. The molecule has 0 amide bonds. The summed E-state index contributed by atoms with van der Waals surface area (Å²) < 4.78 is 16.8. The van der Waals surface area contributed by atoms with Crippen LogP contribution in [0.5, 0.6) is 0 Å². The molecule has 0 saturated carbocycles. The van der Waals surface area contributed by atoms with Gasteiger partial charge < -0.3 is 14.2 Å². The van der Waals surface area contributed by atoms with E-state index in [1.807, 2.05) is 0 Å². The minimum absolute atomic E-state index is 0.0972. The average Bonchev–Trinajstić information content (AvgIpc) is 3.38. The fourth-order valence-corrected chi connectivity index (χ4v) is 8.57. The monoisotopic (exact) mass is 1000 g/mol. The molecule has 0 aliphatic rings. The second kappa shape index (κ2) is 60.1. The third kappa shape index (κ3) is 57.5. The lowest BCUT2D eigenvalue weighted by Gasteiger charge is -2.18. The second-order valence-electron chi connectivity index (χ2n) is 20.2. The zero-order valence-corrected chi connectivity index (χ0v) is 47.4. The molecular formula is C66H114O6. The fraction of sp³-hybridized carbons (Fsp3) is 0.742. The van der Waals surface area contributed by atoms with Crippen molar-refractivity contribution in [2.75, 3.05) is 13.2 Å². The minimum atomic E-state index is -0.806. The molecule has 0 aromatic carbocycles. The average molecular weight is 1000 g/mol. The van der Waals surface area contributed by atoms with Gasteiger partial charge in [0.1, 0.15) is 13.2 Å². The summed E-state index contributed by atoms with van der Waals surface area (Å²) in [5.74, 6) is -0.948. The van der Waals surface area contributed by atoms with Gasteiger partial charge in [-0.25, -0.2) is 0 Å². The van der Waals surface area contributed by atoms with E-state index in [9.17, 15) is 14.4 Å². The Bertz CT molecular complexity index is 1380. The van der Waals surface area contributed by atoms with Crippen molar-refractivity contribution in [3.05, 3.63) is 85.1 Å². The number of hydrogen-bond donors (Lipinski definition) is 0. The number of esters is 3. The molecule has 6 heteroatoms. The maximum Gasteiger partial charge on any atom is 0.306 e. The van der Waals surface area contributed by atoms with Crippen molar-refractivity contribution >= 4 is 17.9 Å². The molecule has 0 spiro atoms. The minimum Gasteiger partial charge on any atom is -0.462 e. The summed E-state index contributed by atoms with van der Waals surface area (Å²) in [6, 6.07) is 0. The predicted molar refractivity (Wildman–Crippen MR) is 311 cm³/mol. The van der Waals surface area contributed by atoms with E-state index in [4.69, 9.17) is 14.2 Å². The van der Waals surface area contributed by atoms with Crippen molar-refractivity contribution in [2.24, 2.45) is 0 Å². The van der Waals surface area contributed by atoms with Crippen LogP contribution in [0.15, 0.2) is 85.1 Å². The lowest BCUT2D eigenvalue weighted by molar-refractivity contribution is -0.167. The van der Waals surface area contributed by atoms with Crippen LogP contribution in [0.2, 0.25) is 0 Å². The molecule has 0 radical (unpaired) electrons. The van der Waals surface area contributed by atoms with E-state index in [0.717, 1.165) is 83.5 Å². The van der Waals surface area contributed by atoms with E-state index in [-0.39, 0.29) is 37.5 Å². The number of allylic oxidation sites excluding steroid dienone is 14. The highest BCUT2D eigenvalue weighted by atomic mass is 16.6. The van der Waals surface area contributed by atoms with Crippen molar-refractivity contribution in [2.45, 2.75) is 303 Å². The number of carbonyl (C=O) groups excluding carboxylic acids is 3. The zero-order valence-electron chi connectivity index (χ0n) is 47.4. The maximum atomic E-state index is 12.9. The lowest BCUT2D eigenvalue weighted by Crippen LogP contribution is -2.30. The number of ether oxygens (including phenoxy) is 3. The van der Waals surface area contributed by atoms with Gasteiger partial charge in [-0.05, 0) is 89.9 Å². The van der Waals surface area contributed by atoms with Crippen LogP contribution in [-0.4, -0.2) is 37.2 Å². The van der Waals surface area contributed by atoms with Crippen molar-refractivity contribution in [3.63, 3.8) is 0 Å². The molecule has 72 heavy (non-hydrogen) atoms. The first-order valence-corrected chi connectivity index (χ1v) is 30.6. The van der Waals surface area contributed by atoms with Crippen LogP contribution < -0.4 is 0 Å². The number of hydrogen-bond acceptors (Lipinski definition) is 6. The highest BCUT2D eigenvalue weighted by Gasteiger charge is 2.19. The first-order chi connectivity index (χ1) is 35.5. The molecule has 0 bridgehead atoms. The normalized spacial score (nSPS) is 12.7. The van der Waals surface area contributed by atoms with E-state index in [0.29, 0.717) is 19.3 Å². The molecule has 0 saturated heterocycles.